The number of aliphatic carboxylic acids is 1. The third kappa shape index (κ3) is 3.82. The third-order valence-electron chi connectivity index (χ3n) is 3.93. The molecule has 2 N–H and O–H groups in total. The smallest absolute Gasteiger partial charge is 0.304 e. The fraction of sp³-hybridized carbons (Fsp3) is 0.733. The molecular weight excluding hydrogens is 254 g/mol. The van der Waals surface area contributed by atoms with Crippen molar-refractivity contribution >= 4 is 5.97 Å². The molecule has 0 amide bonds. The number of piperidine rings is 1. The Morgan fingerprint density at radius 3 is 2.85 bits per heavy atom. The minimum absolute atomic E-state index is 0.0388. The Hall–Kier alpha value is -1.36. The van der Waals surface area contributed by atoms with E-state index in [0.29, 0.717) is 0 Å². The molecule has 5 nitrogen and oxygen atoms in total. The highest BCUT2D eigenvalue weighted by Gasteiger charge is 2.25. The van der Waals surface area contributed by atoms with Gasteiger partial charge in [-0.1, -0.05) is 27.2 Å². The lowest BCUT2D eigenvalue weighted by Gasteiger charge is -2.34. The summed E-state index contributed by atoms with van der Waals surface area (Å²) < 4.78 is 0. The highest BCUT2D eigenvalue weighted by Crippen LogP contribution is 2.24. The van der Waals surface area contributed by atoms with E-state index in [0.717, 1.165) is 43.7 Å². The predicted molar refractivity (Wildman–Crippen MR) is 77.6 cm³/mol. The molecule has 1 aromatic heterocycles. The number of carbonyl (C=O) groups is 1. The third-order valence-corrected chi connectivity index (χ3v) is 3.93. The van der Waals surface area contributed by atoms with Crippen LogP contribution in [-0.2, 0) is 16.8 Å². The number of aromatic nitrogens is 2. The quantitative estimate of drug-likeness (QED) is 0.888. The van der Waals surface area contributed by atoms with Crippen molar-refractivity contribution in [2.45, 2.75) is 64.5 Å². The van der Waals surface area contributed by atoms with Crippen molar-refractivity contribution in [3.63, 3.8) is 0 Å². The van der Waals surface area contributed by atoms with Gasteiger partial charge in [0.15, 0.2) is 0 Å². The molecule has 0 saturated carbocycles. The minimum Gasteiger partial charge on any atom is -0.481 e. The van der Waals surface area contributed by atoms with E-state index >= 15 is 0 Å². The molecule has 1 aliphatic heterocycles. The molecule has 5 heteroatoms. The molecule has 2 heterocycles. The van der Waals surface area contributed by atoms with E-state index in [2.05, 4.69) is 41.9 Å². The van der Waals surface area contributed by atoms with E-state index in [-0.39, 0.29) is 17.9 Å². The van der Waals surface area contributed by atoms with Crippen LogP contribution in [0.15, 0.2) is 6.07 Å². The minimum atomic E-state index is -0.707. The summed E-state index contributed by atoms with van der Waals surface area (Å²) in [7, 11) is 0. The van der Waals surface area contributed by atoms with Crippen LogP contribution in [0.5, 0.6) is 0 Å². The number of carboxylic acids is 1. The van der Waals surface area contributed by atoms with E-state index in [9.17, 15) is 4.79 Å². The summed E-state index contributed by atoms with van der Waals surface area (Å²) in [6, 6.07) is 2.26. The first-order valence-corrected chi connectivity index (χ1v) is 7.37. The van der Waals surface area contributed by atoms with Gasteiger partial charge in [-0.05, 0) is 25.5 Å². The highest BCUT2D eigenvalue weighted by molar-refractivity contribution is 5.67. The molecule has 1 aliphatic rings. The molecule has 1 unspecified atom stereocenters. The van der Waals surface area contributed by atoms with Gasteiger partial charge >= 0.3 is 5.97 Å². The summed E-state index contributed by atoms with van der Waals surface area (Å²) in [4.78, 5) is 13.2. The maximum Gasteiger partial charge on any atom is 0.304 e. The van der Waals surface area contributed by atoms with Crippen LogP contribution >= 0.6 is 0 Å². The van der Waals surface area contributed by atoms with Crippen LogP contribution in [0.1, 0.15) is 57.8 Å². The molecule has 2 rings (SSSR count). The van der Waals surface area contributed by atoms with Crippen molar-refractivity contribution in [2.75, 3.05) is 6.54 Å². The summed E-state index contributed by atoms with van der Waals surface area (Å²) in [6.45, 7) is 8.16. The summed E-state index contributed by atoms with van der Waals surface area (Å²) in [5, 5.41) is 16.5. The van der Waals surface area contributed by atoms with Crippen molar-refractivity contribution in [2.24, 2.45) is 0 Å². The number of carboxylic acid groups (broad SMARTS) is 1. The lowest BCUT2D eigenvalue weighted by molar-refractivity contribution is -0.138. The second-order valence-corrected chi connectivity index (χ2v) is 6.75. The number of hydrogen-bond donors (Lipinski definition) is 2. The lowest BCUT2D eigenvalue weighted by Crippen LogP contribution is -2.40. The van der Waals surface area contributed by atoms with Crippen molar-refractivity contribution in [3.05, 3.63) is 17.5 Å². The largest absolute Gasteiger partial charge is 0.481 e. The zero-order valence-corrected chi connectivity index (χ0v) is 12.6. The molecular formula is C15H25N3O2. The average molecular weight is 279 g/mol. The molecule has 0 aliphatic carbocycles. The number of nitrogens with one attached hydrogen (secondary N) is 1. The van der Waals surface area contributed by atoms with E-state index in [1.807, 2.05) is 0 Å². The molecule has 0 radical (unpaired) electrons. The second-order valence-electron chi connectivity index (χ2n) is 6.75. The number of aromatic amines is 1. The van der Waals surface area contributed by atoms with Crippen LogP contribution in [0.2, 0.25) is 0 Å². The first kappa shape index (κ1) is 15.0. The first-order chi connectivity index (χ1) is 9.36. The summed E-state index contributed by atoms with van der Waals surface area (Å²) in [5.41, 5.74) is 2.17. The molecule has 1 aromatic rings. The SMILES string of the molecule is CC(C)(C)c1cc(CN2CCCCC2CC(=O)O)[nH]n1. The molecule has 1 atom stereocenters. The van der Waals surface area contributed by atoms with E-state index in [1.165, 1.54) is 0 Å². The molecule has 1 saturated heterocycles. The maximum absolute atomic E-state index is 11.0. The lowest BCUT2D eigenvalue weighted by atomic mass is 9.92. The van der Waals surface area contributed by atoms with Crippen LogP contribution < -0.4 is 0 Å². The van der Waals surface area contributed by atoms with Crippen LogP contribution in [0, 0.1) is 0 Å². The van der Waals surface area contributed by atoms with Gasteiger partial charge in [0.2, 0.25) is 0 Å². The Labute approximate surface area is 120 Å². The zero-order valence-electron chi connectivity index (χ0n) is 12.6. The number of nitrogens with zero attached hydrogens (tertiary/aromatic N) is 2. The molecule has 112 valence electrons. The second kappa shape index (κ2) is 5.95. The number of H-pyrrole nitrogens is 1. The highest BCUT2D eigenvalue weighted by atomic mass is 16.4. The van der Waals surface area contributed by atoms with Crippen LogP contribution in [0.3, 0.4) is 0 Å². The first-order valence-electron chi connectivity index (χ1n) is 7.37. The van der Waals surface area contributed by atoms with Crippen LogP contribution in [0.4, 0.5) is 0 Å². The van der Waals surface area contributed by atoms with Gasteiger partial charge in [-0.2, -0.15) is 5.10 Å². The predicted octanol–water partition coefficient (Wildman–Crippen LogP) is 2.54. The van der Waals surface area contributed by atoms with Gasteiger partial charge < -0.3 is 5.11 Å². The molecule has 1 fully saturated rings. The Morgan fingerprint density at radius 2 is 2.25 bits per heavy atom. The average Bonchev–Trinajstić information content (AvgIpc) is 2.79. The van der Waals surface area contributed by atoms with Crippen molar-refractivity contribution in [3.8, 4) is 0 Å². The number of rotatable bonds is 4. The van der Waals surface area contributed by atoms with Gasteiger partial charge in [0.05, 0.1) is 12.1 Å². The van der Waals surface area contributed by atoms with Gasteiger partial charge in [0, 0.05) is 23.7 Å². The topological polar surface area (TPSA) is 69.2 Å². The van der Waals surface area contributed by atoms with Gasteiger partial charge in [0.1, 0.15) is 0 Å². The van der Waals surface area contributed by atoms with Gasteiger partial charge in [-0.15, -0.1) is 0 Å². The Balaban J connectivity index is 2.03. The van der Waals surface area contributed by atoms with Gasteiger partial charge in [-0.25, -0.2) is 0 Å². The van der Waals surface area contributed by atoms with E-state index in [4.69, 9.17) is 5.11 Å². The Bertz CT molecular complexity index is 462. The number of hydrogen-bond acceptors (Lipinski definition) is 3. The number of likely N-dealkylation sites (tertiary alicyclic amines) is 1. The molecule has 0 bridgehead atoms. The molecule has 0 spiro atoms. The van der Waals surface area contributed by atoms with Crippen molar-refractivity contribution in [1.29, 1.82) is 0 Å². The van der Waals surface area contributed by atoms with Crippen molar-refractivity contribution in [1.82, 2.24) is 15.1 Å². The van der Waals surface area contributed by atoms with E-state index < -0.39 is 5.97 Å². The summed E-state index contributed by atoms with van der Waals surface area (Å²) in [6.07, 6.45) is 3.49. The fourth-order valence-electron chi connectivity index (χ4n) is 2.75. The Morgan fingerprint density at radius 1 is 1.50 bits per heavy atom. The molecule has 0 aromatic carbocycles. The fourth-order valence-corrected chi connectivity index (χ4v) is 2.75. The molecule has 20 heavy (non-hydrogen) atoms. The van der Waals surface area contributed by atoms with E-state index in [1.54, 1.807) is 0 Å². The van der Waals surface area contributed by atoms with Crippen LogP contribution in [0.25, 0.3) is 0 Å². The Kier molecular flexibility index (Phi) is 4.48. The van der Waals surface area contributed by atoms with Crippen LogP contribution in [-0.4, -0.2) is 38.8 Å². The zero-order chi connectivity index (χ0) is 14.8. The normalized spacial score (nSPS) is 21.1. The summed E-state index contributed by atoms with van der Waals surface area (Å²) in [5.74, 6) is -0.707. The van der Waals surface area contributed by atoms with Gasteiger partial charge in [0.25, 0.3) is 0 Å². The summed E-state index contributed by atoms with van der Waals surface area (Å²) >= 11 is 0. The monoisotopic (exact) mass is 279 g/mol. The maximum atomic E-state index is 11.0. The van der Waals surface area contributed by atoms with Crippen molar-refractivity contribution < 1.29 is 9.90 Å². The van der Waals surface area contributed by atoms with Gasteiger partial charge in [-0.3, -0.25) is 14.8 Å². The standard InChI is InChI=1S/C15H25N3O2/c1-15(2,3)13-8-11(16-17-13)10-18-7-5-4-6-12(18)9-14(19)20/h8,12H,4-7,9-10H2,1-3H3,(H,16,17)(H,19,20).